The minimum absolute atomic E-state index is 0.637. The number of thiophene rings is 2. The third-order valence-electron chi connectivity index (χ3n) is 13.3. The molecule has 0 atom stereocenters. The first-order valence-electron chi connectivity index (χ1n) is 22.3. The Kier molecular flexibility index (Phi) is 8.32. The van der Waals surface area contributed by atoms with Crippen LogP contribution < -0.4 is 0 Å². The van der Waals surface area contributed by atoms with Gasteiger partial charge in [-0.05, 0) is 78.0 Å². The third kappa shape index (κ3) is 5.77. The number of hydrogen-bond donors (Lipinski definition) is 0. The van der Waals surface area contributed by atoms with Crippen LogP contribution >= 0.6 is 22.7 Å². The normalized spacial score (nSPS) is 11.9. The van der Waals surface area contributed by atoms with Gasteiger partial charge in [-0.25, -0.2) is 15.0 Å². The zero-order valence-corrected chi connectivity index (χ0v) is 37.0. The Bertz CT molecular complexity index is 4260. The van der Waals surface area contributed by atoms with Gasteiger partial charge in [-0.2, -0.15) is 0 Å². The minimum atomic E-state index is 0.637. The lowest BCUT2D eigenvalue weighted by Crippen LogP contribution is -2.00. The molecule has 0 saturated heterocycles. The molecule has 0 aliphatic rings. The molecule has 66 heavy (non-hydrogen) atoms. The van der Waals surface area contributed by atoms with Gasteiger partial charge >= 0.3 is 0 Å². The van der Waals surface area contributed by atoms with Crippen molar-refractivity contribution in [1.29, 1.82) is 0 Å². The Morgan fingerprint density at radius 3 is 1.52 bits per heavy atom. The van der Waals surface area contributed by atoms with E-state index >= 15 is 0 Å². The first kappa shape index (κ1) is 37.3. The highest BCUT2D eigenvalue weighted by atomic mass is 32.1. The van der Waals surface area contributed by atoms with Crippen LogP contribution in [-0.2, 0) is 0 Å². The molecule has 3 heterocycles. The van der Waals surface area contributed by atoms with Gasteiger partial charge in [0.1, 0.15) is 0 Å². The summed E-state index contributed by atoms with van der Waals surface area (Å²) in [5.74, 6) is 1.93. The first-order chi connectivity index (χ1) is 32.7. The van der Waals surface area contributed by atoms with Gasteiger partial charge in [0.25, 0.3) is 0 Å². The second-order valence-electron chi connectivity index (χ2n) is 17.0. The Morgan fingerprint density at radius 2 is 0.727 bits per heavy atom. The average molecular weight is 874 g/mol. The van der Waals surface area contributed by atoms with Crippen molar-refractivity contribution in [1.82, 2.24) is 15.0 Å². The van der Waals surface area contributed by atoms with Gasteiger partial charge in [-0.3, -0.25) is 0 Å². The molecule has 0 bridgehead atoms. The maximum atomic E-state index is 5.41. The van der Waals surface area contributed by atoms with Gasteiger partial charge in [0.15, 0.2) is 17.5 Å². The molecule has 3 nitrogen and oxygen atoms in total. The lowest BCUT2D eigenvalue weighted by atomic mass is 9.93. The zero-order valence-electron chi connectivity index (χ0n) is 35.4. The molecule has 5 heteroatoms. The van der Waals surface area contributed by atoms with Crippen molar-refractivity contribution in [3.8, 4) is 56.4 Å². The van der Waals surface area contributed by atoms with Gasteiger partial charge < -0.3 is 0 Å². The summed E-state index contributed by atoms with van der Waals surface area (Å²) in [7, 11) is 0. The van der Waals surface area contributed by atoms with Crippen molar-refractivity contribution in [3.63, 3.8) is 0 Å². The Morgan fingerprint density at radius 1 is 0.258 bits per heavy atom. The van der Waals surface area contributed by atoms with Crippen LogP contribution in [0.3, 0.4) is 0 Å². The molecule has 0 unspecified atom stereocenters. The van der Waals surface area contributed by atoms with Crippen molar-refractivity contribution in [2.24, 2.45) is 0 Å². The summed E-state index contributed by atoms with van der Waals surface area (Å²) in [5.41, 5.74) is 7.73. The highest BCUT2D eigenvalue weighted by Gasteiger charge is 2.20. The maximum Gasteiger partial charge on any atom is 0.164 e. The predicted octanol–water partition coefficient (Wildman–Crippen LogP) is 17.6. The van der Waals surface area contributed by atoms with Crippen LogP contribution in [0.4, 0.5) is 0 Å². The van der Waals surface area contributed by atoms with Crippen LogP contribution in [0.5, 0.6) is 0 Å². The van der Waals surface area contributed by atoms with Gasteiger partial charge in [-0.15, -0.1) is 22.7 Å². The molecule has 0 aliphatic heterocycles. The molecule has 11 aromatic carbocycles. The van der Waals surface area contributed by atoms with E-state index in [9.17, 15) is 0 Å². The summed E-state index contributed by atoms with van der Waals surface area (Å²) in [6.45, 7) is 0. The van der Waals surface area contributed by atoms with Crippen LogP contribution in [0.1, 0.15) is 0 Å². The van der Waals surface area contributed by atoms with Crippen molar-refractivity contribution < 1.29 is 0 Å². The van der Waals surface area contributed by atoms with Gasteiger partial charge in [0.05, 0.1) is 0 Å². The second-order valence-corrected chi connectivity index (χ2v) is 19.1. The van der Waals surface area contributed by atoms with E-state index in [0.29, 0.717) is 17.5 Å². The number of aromatic nitrogens is 3. The molecule has 0 spiro atoms. The van der Waals surface area contributed by atoms with E-state index in [-0.39, 0.29) is 0 Å². The molecule has 0 amide bonds. The molecule has 0 N–H and O–H groups in total. The van der Waals surface area contributed by atoms with E-state index in [2.05, 4.69) is 212 Å². The molecule has 0 aliphatic carbocycles. The van der Waals surface area contributed by atoms with Gasteiger partial charge in [-0.1, -0.05) is 194 Å². The lowest BCUT2D eigenvalue weighted by molar-refractivity contribution is 1.08. The summed E-state index contributed by atoms with van der Waals surface area (Å²) in [6.07, 6.45) is 0. The summed E-state index contributed by atoms with van der Waals surface area (Å²) < 4.78 is 5.05. The molecular formula is C61H35N3S2. The topological polar surface area (TPSA) is 38.7 Å². The number of benzene rings is 11. The van der Waals surface area contributed by atoms with E-state index in [1.54, 1.807) is 0 Å². The summed E-state index contributed by atoms with van der Waals surface area (Å²) >= 11 is 3.69. The molecule has 306 valence electrons. The minimum Gasteiger partial charge on any atom is -0.208 e. The number of fused-ring (bicyclic) bond motifs is 13. The highest BCUT2D eigenvalue weighted by molar-refractivity contribution is 7.26. The lowest BCUT2D eigenvalue weighted by Gasteiger charge is -2.13. The molecule has 14 rings (SSSR count). The highest BCUT2D eigenvalue weighted by Crippen LogP contribution is 2.46. The fourth-order valence-corrected chi connectivity index (χ4v) is 12.8. The van der Waals surface area contributed by atoms with Crippen molar-refractivity contribution >= 4 is 106 Å². The molecule has 0 saturated carbocycles. The van der Waals surface area contributed by atoms with Crippen molar-refractivity contribution in [3.05, 3.63) is 212 Å². The first-order valence-corrected chi connectivity index (χ1v) is 23.9. The van der Waals surface area contributed by atoms with E-state index in [0.717, 1.165) is 27.6 Å². The number of rotatable bonds is 5. The van der Waals surface area contributed by atoms with Crippen molar-refractivity contribution in [2.45, 2.75) is 0 Å². The second kappa shape index (κ2) is 14.7. The number of hydrogen-bond acceptors (Lipinski definition) is 5. The molecule has 0 fully saturated rings. The maximum absolute atomic E-state index is 5.41. The monoisotopic (exact) mass is 873 g/mol. The van der Waals surface area contributed by atoms with Gasteiger partial charge in [0.2, 0.25) is 0 Å². The van der Waals surface area contributed by atoms with Crippen LogP contribution in [0.25, 0.3) is 140 Å². The average Bonchev–Trinajstić information content (AvgIpc) is 3.97. The SMILES string of the molecule is c1ccc2c(-c3cccc4c3sc3cccc(-c5nc(-c6ccc(-c7cccc8c7sc7ccccc78)cc6)nc(-c6ccc7c8ccccc8c8ccccc8c7c6)n5)c34)cccc2c1. The van der Waals surface area contributed by atoms with E-state index < -0.39 is 0 Å². The fourth-order valence-electron chi connectivity index (χ4n) is 10.3. The van der Waals surface area contributed by atoms with Crippen LogP contribution in [0.2, 0.25) is 0 Å². The Balaban J connectivity index is 0.976. The Labute approximate surface area is 387 Å². The van der Waals surface area contributed by atoms with Crippen LogP contribution in [0.15, 0.2) is 212 Å². The molecule has 14 aromatic rings. The van der Waals surface area contributed by atoms with Crippen LogP contribution in [-0.4, -0.2) is 15.0 Å². The quantitative estimate of drug-likeness (QED) is 0.162. The zero-order chi connectivity index (χ0) is 43.3. The van der Waals surface area contributed by atoms with Gasteiger partial charge in [0, 0.05) is 62.6 Å². The van der Waals surface area contributed by atoms with E-state index in [1.165, 1.54) is 94.7 Å². The smallest absolute Gasteiger partial charge is 0.164 e. The summed E-state index contributed by atoms with van der Waals surface area (Å²) in [5, 5.41) is 14.8. The standard InChI is InChI=1S/C61H35N3S2/c1-2-15-40-36(13-1)14-9-22-42(40)49-23-11-25-51-56-52(26-12-28-55(56)66-58(49)51)61-63-59(38-31-29-37(30-32-38)41-21-10-24-50-48-20-7-8-27-54(48)65-57(41)50)62-60(64-61)39-33-34-47-45-18-4-3-16-43(45)44-17-5-6-19-46(44)53(47)35-39/h1-35H. The summed E-state index contributed by atoms with van der Waals surface area (Å²) in [4.78, 5) is 16.1. The largest absolute Gasteiger partial charge is 0.208 e. The predicted molar refractivity (Wildman–Crippen MR) is 283 cm³/mol. The van der Waals surface area contributed by atoms with E-state index in [4.69, 9.17) is 15.0 Å². The Hall–Kier alpha value is -8.09. The molecule has 0 radical (unpaired) electrons. The molecule has 3 aromatic heterocycles. The van der Waals surface area contributed by atoms with Crippen LogP contribution in [0, 0.1) is 0 Å². The summed E-state index contributed by atoms with van der Waals surface area (Å²) in [6, 6.07) is 76.7. The third-order valence-corrected chi connectivity index (χ3v) is 15.8. The van der Waals surface area contributed by atoms with E-state index in [1.807, 2.05) is 22.7 Å². The number of nitrogens with zero attached hydrogens (tertiary/aromatic N) is 3. The fraction of sp³-hybridized carbons (Fsp3) is 0. The molecular weight excluding hydrogens is 839 g/mol. The van der Waals surface area contributed by atoms with Crippen molar-refractivity contribution in [2.75, 3.05) is 0 Å².